The van der Waals surface area contributed by atoms with Gasteiger partial charge in [-0.3, -0.25) is 0 Å². The number of ether oxygens (including phenoxy) is 2. The maximum Gasteiger partial charge on any atom is 0.350 e. The van der Waals surface area contributed by atoms with Crippen LogP contribution < -0.4 is 9.06 Å². The Morgan fingerprint density at radius 1 is 0.750 bits per heavy atom. The molecule has 8 heteroatoms. The summed E-state index contributed by atoms with van der Waals surface area (Å²) in [5.41, 5.74) is -0.0437. The molecule has 2 aromatic rings. The molecular formula is C24H28N2O4S2. The normalized spacial score (nSPS) is 12.6. The molecule has 6 nitrogen and oxygen atoms in total. The van der Waals surface area contributed by atoms with E-state index in [0.29, 0.717) is 22.3 Å². The number of nitrogens with zero attached hydrogens (tertiary/aromatic N) is 2. The molecule has 32 heavy (non-hydrogen) atoms. The van der Waals surface area contributed by atoms with Gasteiger partial charge < -0.3 is 9.47 Å². The fourth-order valence-corrected chi connectivity index (χ4v) is 5.38. The van der Waals surface area contributed by atoms with Crippen LogP contribution in [0.1, 0.15) is 65.2 Å². The van der Waals surface area contributed by atoms with Crippen LogP contribution in [0, 0.1) is 22.7 Å². The molecule has 0 aliphatic heterocycles. The summed E-state index contributed by atoms with van der Waals surface area (Å²) in [4.78, 5) is 24.6. The second-order valence-corrected chi connectivity index (χ2v) is 9.48. The smallest absolute Gasteiger partial charge is 0.350 e. The average Bonchev–Trinajstić information content (AvgIpc) is 3.34. The third-order valence-corrected chi connectivity index (χ3v) is 7.12. The van der Waals surface area contributed by atoms with E-state index in [1.54, 1.807) is 12.1 Å². The summed E-state index contributed by atoms with van der Waals surface area (Å²) < 4.78 is 13.1. The fraction of sp³-hybridized carbons (Fsp3) is 0.500. The van der Waals surface area contributed by atoms with Gasteiger partial charge in [0.15, 0.2) is 11.1 Å². The highest BCUT2D eigenvalue weighted by atomic mass is 32.1. The van der Waals surface area contributed by atoms with Gasteiger partial charge in [0.1, 0.15) is 12.1 Å². The Morgan fingerprint density at radius 3 is 1.50 bits per heavy atom. The van der Waals surface area contributed by atoms with Gasteiger partial charge >= 0.3 is 11.9 Å². The molecule has 0 aliphatic rings. The number of nitriles is 2. The van der Waals surface area contributed by atoms with Gasteiger partial charge in [0, 0.05) is 9.40 Å². The summed E-state index contributed by atoms with van der Waals surface area (Å²) in [7, 11) is 0. The molecule has 2 rings (SSSR count). The predicted molar refractivity (Wildman–Crippen MR) is 127 cm³/mol. The number of carbonyl (C=O) groups is 2. The summed E-state index contributed by atoms with van der Waals surface area (Å²) in [6.07, 6.45) is 7.90. The second-order valence-electron chi connectivity index (χ2n) is 7.32. The van der Waals surface area contributed by atoms with Gasteiger partial charge in [-0.25, -0.2) is 9.59 Å². The zero-order valence-electron chi connectivity index (χ0n) is 18.6. The van der Waals surface area contributed by atoms with Crippen molar-refractivity contribution in [3.05, 3.63) is 21.2 Å². The van der Waals surface area contributed by atoms with Crippen molar-refractivity contribution < 1.29 is 19.1 Å². The largest absolute Gasteiger partial charge is 0.462 e. The molecule has 0 atom stereocenters. The molecule has 0 aliphatic carbocycles. The van der Waals surface area contributed by atoms with Crippen LogP contribution in [0.15, 0.2) is 12.1 Å². The van der Waals surface area contributed by atoms with Crippen LogP contribution in [0.3, 0.4) is 0 Å². The van der Waals surface area contributed by atoms with Crippen molar-refractivity contribution in [2.24, 2.45) is 0 Å². The first-order chi connectivity index (χ1) is 15.5. The molecule has 0 unspecified atom stereocenters. The SMILES string of the molecule is CCCCCCOC(=O)/C(C#N)=c1/cc2s/c(=C(/C#N)C(=O)OCCCCCC)cc2s1. The van der Waals surface area contributed by atoms with Gasteiger partial charge in [-0.05, 0) is 25.0 Å². The Balaban J connectivity index is 2.18. The molecule has 0 N–H and O–H groups in total. The number of hydrogen-bond acceptors (Lipinski definition) is 8. The van der Waals surface area contributed by atoms with Gasteiger partial charge in [0.05, 0.1) is 22.3 Å². The van der Waals surface area contributed by atoms with Crippen molar-refractivity contribution >= 4 is 55.2 Å². The highest BCUT2D eigenvalue weighted by Crippen LogP contribution is 2.21. The minimum Gasteiger partial charge on any atom is -0.462 e. The quantitative estimate of drug-likeness (QED) is 0.332. The Labute approximate surface area is 196 Å². The van der Waals surface area contributed by atoms with Gasteiger partial charge in [-0.1, -0.05) is 52.4 Å². The standard InChI is InChI=1S/C24H28N2O4S2/c1-3-5-7-9-11-29-23(27)17(15-25)19-13-21-22(31-19)14-20(32-21)18(16-26)24(28)30-12-10-8-6-4-2/h13-14H,3-12H2,1-2H3/b19-17-,20-18-. The van der Waals surface area contributed by atoms with Gasteiger partial charge in [-0.2, -0.15) is 10.5 Å². The van der Waals surface area contributed by atoms with E-state index in [2.05, 4.69) is 13.8 Å². The van der Waals surface area contributed by atoms with Crippen molar-refractivity contribution in [1.29, 1.82) is 10.5 Å². The van der Waals surface area contributed by atoms with Crippen LogP contribution in [0.5, 0.6) is 0 Å². The van der Waals surface area contributed by atoms with Crippen LogP contribution >= 0.6 is 22.7 Å². The monoisotopic (exact) mass is 472 g/mol. The highest BCUT2D eigenvalue weighted by molar-refractivity contribution is 7.26. The molecule has 2 heterocycles. The van der Waals surface area contributed by atoms with E-state index in [4.69, 9.17) is 9.47 Å². The second kappa shape index (κ2) is 13.7. The fourth-order valence-electron chi connectivity index (χ4n) is 3.02. The van der Waals surface area contributed by atoms with E-state index in [1.807, 2.05) is 12.1 Å². The molecule has 0 aromatic carbocycles. The van der Waals surface area contributed by atoms with Crippen molar-refractivity contribution in [2.45, 2.75) is 65.2 Å². The van der Waals surface area contributed by atoms with E-state index >= 15 is 0 Å². The minimum absolute atomic E-state index is 0.0218. The third-order valence-electron chi connectivity index (χ3n) is 4.79. The summed E-state index contributed by atoms with van der Waals surface area (Å²) in [6, 6.07) is 7.37. The van der Waals surface area contributed by atoms with Crippen LogP contribution in [-0.2, 0) is 19.1 Å². The lowest BCUT2D eigenvalue weighted by Gasteiger charge is -2.02. The van der Waals surface area contributed by atoms with E-state index in [1.165, 1.54) is 22.7 Å². The van der Waals surface area contributed by atoms with Gasteiger partial charge in [0.2, 0.25) is 0 Å². The third kappa shape index (κ3) is 7.19. The zero-order chi connectivity index (χ0) is 23.3. The maximum atomic E-state index is 12.3. The van der Waals surface area contributed by atoms with Crippen LogP contribution in [0.25, 0.3) is 20.5 Å². The average molecular weight is 473 g/mol. The molecule has 0 bridgehead atoms. The summed E-state index contributed by atoms with van der Waals surface area (Å²) in [5.74, 6) is -1.23. The molecule has 0 saturated heterocycles. The van der Waals surface area contributed by atoms with Crippen LogP contribution in [-0.4, -0.2) is 25.2 Å². The van der Waals surface area contributed by atoms with Crippen molar-refractivity contribution in [3.8, 4) is 12.1 Å². The number of unbranched alkanes of at least 4 members (excludes halogenated alkanes) is 6. The summed E-state index contributed by atoms with van der Waals surface area (Å²) in [5, 5.41) is 18.9. The van der Waals surface area contributed by atoms with E-state index in [0.717, 1.165) is 60.8 Å². The van der Waals surface area contributed by atoms with Crippen molar-refractivity contribution in [3.63, 3.8) is 0 Å². The Morgan fingerprint density at radius 2 is 1.16 bits per heavy atom. The molecule has 0 spiro atoms. The first-order valence-corrected chi connectivity index (χ1v) is 12.6. The lowest BCUT2D eigenvalue weighted by Crippen LogP contribution is -2.14. The summed E-state index contributed by atoms with van der Waals surface area (Å²) >= 11 is 2.54. The zero-order valence-corrected chi connectivity index (χ0v) is 20.2. The molecular weight excluding hydrogens is 444 g/mol. The van der Waals surface area contributed by atoms with Gasteiger partial charge in [-0.15, -0.1) is 22.7 Å². The topological polar surface area (TPSA) is 100 Å². The van der Waals surface area contributed by atoms with Crippen LogP contribution in [0.4, 0.5) is 0 Å². The first-order valence-electron chi connectivity index (χ1n) is 11.0. The number of fused-ring (bicyclic) bond motifs is 1. The summed E-state index contributed by atoms with van der Waals surface area (Å²) in [6.45, 7) is 4.82. The molecule has 0 radical (unpaired) electrons. The number of esters is 2. The molecule has 0 saturated carbocycles. The van der Waals surface area contributed by atoms with Gasteiger partial charge in [0.25, 0.3) is 0 Å². The van der Waals surface area contributed by atoms with E-state index in [9.17, 15) is 20.1 Å². The molecule has 0 amide bonds. The molecule has 170 valence electrons. The maximum absolute atomic E-state index is 12.3. The van der Waals surface area contributed by atoms with Crippen molar-refractivity contribution in [1.82, 2.24) is 0 Å². The van der Waals surface area contributed by atoms with E-state index < -0.39 is 11.9 Å². The first kappa shape index (κ1) is 25.6. The Kier molecular flexibility index (Phi) is 10.9. The number of carbonyl (C=O) groups excluding carboxylic acids is 2. The highest BCUT2D eigenvalue weighted by Gasteiger charge is 2.16. The number of thiophene rings is 2. The lowest BCUT2D eigenvalue weighted by atomic mass is 10.2. The Bertz CT molecular complexity index is 1010. The number of rotatable bonds is 12. The lowest BCUT2D eigenvalue weighted by molar-refractivity contribution is -0.137. The van der Waals surface area contributed by atoms with Crippen LogP contribution in [0.2, 0.25) is 0 Å². The molecule has 0 fully saturated rings. The number of hydrogen-bond donors (Lipinski definition) is 0. The van der Waals surface area contributed by atoms with Crippen molar-refractivity contribution in [2.75, 3.05) is 13.2 Å². The Hall–Kier alpha value is -2.68. The molecule has 2 aromatic heterocycles. The predicted octanol–water partition coefficient (Wildman–Crippen LogP) is 4.56. The van der Waals surface area contributed by atoms with E-state index in [-0.39, 0.29) is 11.1 Å². The minimum atomic E-state index is -0.617.